The quantitative estimate of drug-likeness (QED) is 0.790. The summed E-state index contributed by atoms with van der Waals surface area (Å²) in [7, 11) is 1.97. The highest BCUT2D eigenvalue weighted by Gasteiger charge is 2.13. The number of nitrogens with two attached hydrogens (primary N) is 1. The second kappa shape index (κ2) is 5.10. The van der Waals surface area contributed by atoms with E-state index < -0.39 is 0 Å². The van der Waals surface area contributed by atoms with E-state index in [0.717, 1.165) is 12.1 Å². The molecule has 102 valence electrons. The smallest absolute Gasteiger partial charge is 0.0596 e. The summed E-state index contributed by atoms with van der Waals surface area (Å²) in [5, 5.41) is 6.86. The molecule has 1 heterocycles. The summed E-state index contributed by atoms with van der Waals surface area (Å²) >= 11 is 0. The fourth-order valence-electron chi connectivity index (χ4n) is 2.76. The predicted molar refractivity (Wildman–Crippen MR) is 82.5 cm³/mol. The maximum absolute atomic E-state index is 6.43. The van der Waals surface area contributed by atoms with E-state index in [-0.39, 0.29) is 6.04 Å². The van der Waals surface area contributed by atoms with Crippen LogP contribution in [0.4, 0.5) is 0 Å². The summed E-state index contributed by atoms with van der Waals surface area (Å²) in [5.74, 6) is 0. The zero-order chi connectivity index (χ0) is 14.1. The molecule has 2 aromatic carbocycles. The minimum atomic E-state index is -0.0177. The fraction of sp³-hybridized carbons (Fsp3) is 0.235. The molecule has 0 aliphatic carbocycles. The minimum absolute atomic E-state index is 0.0177. The van der Waals surface area contributed by atoms with Crippen LogP contribution in [0.5, 0.6) is 0 Å². The second-order valence-corrected chi connectivity index (χ2v) is 5.28. The predicted octanol–water partition coefficient (Wildman–Crippen LogP) is 3.12. The van der Waals surface area contributed by atoms with Crippen LogP contribution in [0.1, 0.15) is 23.0 Å². The number of aryl methyl sites for hydroxylation is 2. The van der Waals surface area contributed by atoms with E-state index in [4.69, 9.17) is 5.73 Å². The summed E-state index contributed by atoms with van der Waals surface area (Å²) in [4.78, 5) is 0. The molecule has 0 aliphatic rings. The lowest BCUT2D eigenvalue weighted by Gasteiger charge is -2.15. The number of fused-ring (bicyclic) bond motifs is 1. The van der Waals surface area contributed by atoms with Gasteiger partial charge < -0.3 is 5.73 Å². The largest absolute Gasteiger partial charge is 0.324 e. The highest BCUT2D eigenvalue weighted by Crippen LogP contribution is 2.25. The van der Waals surface area contributed by atoms with Crippen LogP contribution in [-0.2, 0) is 13.5 Å². The molecular formula is C17H19N3. The van der Waals surface area contributed by atoms with Crippen molar-refractivity contribution in [3.8, 4) is 0 Å². The normalized spacial score (nSPS) is 12.8. The van der Waals surface area contributed by atoms with Gasteiger partial charge in [0, 0.05) is 25.2 Å². The topological polar surface area (TPSA) is 43.8 Å². The molecule has 0 saturated heterocycles. The first kappa shape index (κ1) is 12.9. The lowest BCUT2D eigenvalue weighted by Crippen LogP contribution is -2.15. The molecule has 0 aliphatic heterocycles. The van der Waals surface area contributed by atoms with E-state index in [1.54, 1.807) is 0 Å². The molecule has 0 spiro atoms. The molecule has 3 nitrogen and oxygen atoms in total. The number of nitrogens with zero attached hydrogens (tertiary/aromatic N) is 2. The molecule has 3 rings (SSSR count). The average molecular weight is 265 g/mol. The summed E-state index contributed by atoms with van der Waals surface area (Å²) in [6, 6.07) is 16.8. The first-order valence-electron chi connectivity index (χ1n) is 6.88. The van der Waals surface area contributed by atoms with Gasteiger partial charge in [0.15, 0.2) is 0 Å². The molecule has 3 heteroatoms. The molecule has 20 heavy (non-hydrogen) atoms. The highest BCUT2D eigenvalue weighted by atomic mass is 15.3. The first-order valence-corrected chi connectivity index (χ1v) is 6.88. The fourth-order valence-corrected chi connectivity index (χ4v) is 2.76. The van der Waals surface area contributed by atoms with Gasteiger partial charge in [0.25, 0.3) is 0 Å². The van der Waals surface area contributed by atoms with Crippen molar-refractivity contribution in [3.63, 3.8) is 0 Å². The van der Waals surface area contributed by atoms with Crippen LogP contribution in [0.15, 0.2) is 48.5 Å². The zero-order valence-electron chi connectivity index (χ0n) is 11.9. The van der Waals surface area contributed by atoms with Crippen LogP contribution in [-0.4, -0.2) is 9.78 Å². The van der Waals surface area contributed by atoms with E-state index in [9.17, 15) is 0 Å². The molecule has 3 aromatic rings. The van der Waals surface area contributed by atoms with Gasteiger partial charge in [-0.3, -0.25) is 4.68 Å². The molecule has 0 bridgehead atoms. The first-order chi connectivity index (χ1) is 9.65. The van der Waals surface area contributed by atoms with Gasteiger partial charge >= 0.3 is 0 Å². The van der Waals surface area contributed by atoms with Gasteiger partial charge in [-0.2, -0.15) is 5.10 Å². The van der Waals surface area contributed by atoms with Crippen molar-refractivity contribution < 1.29 is 0 Å². The number of hydrogen-bond donors (Lipinski definition) is 1. The summed E-state index contributed by atoms with van der Waals surface area (Å²) in [6.45, 7) is 2.01. The number of rotatable bonds is 3. The third-order valence-electron chi connectivity index (χ3n) is 3.75. The molecule has 1 unspecified atom stereocenters. The summed E-state index contributed by atoms with van der Waals surface area (Å²) < 4.78 is 1.92. The van der Waals surface area contributed by atoms with E-state index in [1.165, 1.54) is 22.0 Å². The molecule has 0 fully saturated rings. The van der Waals surface area contributed by atoms with Gasteiger partial charge in [0.2, 0.25) is 0 Å². The van der Waals surface area contributed by atoms with E-state index in [0.29, 0.717) is 0 Å². The number of aromatic nitrogens is 2. The van der Waals surface area contributed by atoms with Gasteiger partial charge in [-0.1, -0.05) is 42.5 Å². The van der Waals surface area contributed by atoms with Crippen molar-refractivity contribution in [2.75, 3.05) is 0 Å². The molecule has 2 N–H and O–H groups in total. The molecule has 1 atom stereocenters. The molecule has 0 amide bonds. The Kier molecular flexibility index (Phi) is 3.28. The second-order valence-electron chi connectivity index (χ2n) is 5.28. The van der Waals surface area contributed by atoms with E-state index in [1.807, 2.05) is 18.7 Å². The van der Waals surface area contributed by atoms with Crippen LogP contribution in [0.25, 0.3) is 10.8 Å². The van der Waals surface area contributed by atoms with Crippen LogP contribution in [0.3, 0.4) is 0 Å². The van der Waals surface area contributed by atoms with Gasteiger partial charge in [-0.05, 0) is 29.3 Å². The third kappa shape index (κ3) is 2.32. The Balaban J connectivity index is 1.96. The monoisotopic (exact) mass is 265 g/mol. The van der Waals surface area contributed by atoms with Crippen molar-refractivity contribution in [1.29, 1.82) is 0 Å². The zero-order valence-corrected chi connectivity index (χ0v) is 11.9. The lowest BCUT2D eigenvalue weighted by molar-refractivity contribution is 0.642. The van der Waals surface area contributed by atoms with Gasteiger partial charge in [0.1, 0.15) is 0 Å². The molecule has 0 saturated carbocycles. The SMILES string of the molecule is Cc1cc(CC(N)c2cccc3ccccc23)n(C)n1. The van der Waals surface area contributed by atoms with Crippen LogP contribution >= 0.6 is 0 Å². The maximum Gasteiger partial charge on any atom is 0.0596 e. The Hall–Kier alpha value is -2.13. The Morgan fingerprint density at radius 2 is 1.90 bits per heavy atom. The minimum Gasteiger partial charge on any atom is -0.324 e. The van der Waals surface area contributed by atoms with Gasteiger partial charge in [-0.15, -0.1) is 0 Å². The van der Waals surface area contributed by atoms with Crippen LogP contribution in [0, 0.1) is 6.92 Å². The highest BCUT2D eigenvalue weighted by molar-refractivity contribution is 5.86. The summed E-state index contributed by atoms with van der Waals surface area (Å²) in [5.41, 5.74) is 9.83. The molecular weight excluding hydrogens is 246 g/mol. The van der Waals surface area contributed by atoms with Crippen LogP contribution in [0.2, 0.25) is 0 Å². The number of hydrogen-bond acceptors (Lipinski definition) is 2. The standard InChI is InChI=1S/C17H19N3/c1-12-10-14(20(2)19-12)11-17(18)16-9-5-7-13-6-3-4-8-15(13)16/h3-10,17H,11,18H2,1-2H3. The van der Waals surface area contributed by atoms with Crippen LogP contribution < -0.4 is 5.73 Å². The molecule has 0 radical (unpaired) electrons. The third-order valence-corrected chi connectivity index (χ3v) is 3.75. The molecule has 1 aromatic heterocycles. The van der Waals surface area contributed by atoms with E-state index >= 15 is 0 Å². The average Bonchev–Trinajstić information content (AvgIpc) is 2.76. The van der Waals surface area contributed by atoms with Crippen molar-refractivity contribution in [2.24, 2.45) is 12.8 Å². The van der Waals surface area contributed by atoms with Crippen molar-refractivity contribution in [3.05, 3.63) is 65.5 Å². The van der Waals surface area contributed by atoms with E-state index in [2.05, 4.69) is 53.6 Å². The Morgan fingerprint density at radius 1 is 1.15 bits per heavy atom. The van der Waals surface area contributed by atoms with Gasteiger partial charge in [0.05, 0.1) is 5.69 Å². The van der Waals surface area contributed by atoms with Crippen molar-refractivity contribution in [1.82, 2.24) is 9.78 Å². The Labute approximate surface area is 119 Å². The lowest BCUT2D eigenvalue weighted by atomic mass is 9.96. The summed E-state index contributed by atoms with van der Waals surface area (Å²) in [6.07, 6.45) is 0.797. The maximum atomic E-state index is 6.43. The Morgan fingerprint density at radius 3 is 2.65 bits per heavy atom. The van der Waals surface area contributed by atoms with Crippen molar-refractivity contribution >= 4 is 10.8 Å². The van der Waals surface area contributed by atoms with Gasteiger partial charge in [-0.25, -0.2) is 0 Å². The Bertz CT molecular complexity index is 738. The number of benzene rings is 2. The van der Waals surface area contributed by atoms with Crippen molar-refractivity contribution in [2.45, 2.75) is 19.4 Å².